The molecule has 21 heavy (non-hydrogen) atoms. The highest BCUT2D eigenvalue weighted by Gasteiger charge is 1.93. The van der Waals surface area contributed by atoms with Crippen molar-refractivity contribution >= 4 is 0 Å². The van der Waals surface area contributed by atoms with E-state index in [4.69, 9.17) is 5.84 Å². The Morgan fingerprint density at radius 2 is 1.05 bits per heavy atom. The third-order valence-electron chi connectivity index (χ3n) is 3.50. The van der Waals surface area contributed by atoms with Gasteiger partial charge in [-0.15, -0.1) is 0 Å². The van der Waals surface area contributed by atoms with Gasteiger partial charge >= 0.3 is 0 Å². The Labute approximate surface area is 130 Å². The Balaban J connectivity index is 2.90. The molecule has 128 valence electrons. The molecule has 0 bridgehead atoms. The van der Waals surface area contributed by atoms with E-state index in [9.17, 15) is 0 Å². The fourth-order valence-corrected chi connectivity index (χ4v) is 2.26. The molecule has 0 saturated heterocycles. The van der Waals surface area contributed by atoms with E-state index >= 15 is 0 Å². The maximum atomic E-state index is 4.98. The van der Waals surface area contributed by atoms with Gasteiger partial charge in [-0.25, -0.2) is 5.43 Å². The lowest BCUT2D eigenvalue weighted by Gasteiger charge is -2.09. The van der Waals surface area contributed by atoms with E-state index in [1.807, 2.05) is 0 Å². The quantitative estimate of drug-likeness (QED) is 0.118. The van der Waals surface area contributed by atoms with E-state index in [2.05, 4.69) is 40.0 Å². The number of hydrazine groups is 6. The Kier molecular flexibility index (Phi) is 19.5. The standard InChI is InChI=1S/C14H37N7/c1-2-3-4-5-6-7-8-9-10-11-12-13-14-16-18-20-21-19-17-15/h16-21H,2-15H2,1H3. The molecular weight excluding hydrogens is 266 g/mol. The summed E-state index contributed by atoms with van der Waals surface area (Å²) >= 11 is 0. The Hall–Kier alpha value is -0.280. The van der Waals surface area contributed by atoms with Crippen molar-refractivity contribution in [3.63, 3.8) is 0 Å². The maximum absolute atomic E-state index is 4.98. The van der Waals surface area contributed by atoms with Gasteiger partial charge in [0.25, 0.3) is 0 Å². The van der Waals surface area contributed by atoms with Crippen molar-refractivity contribution in [1.29, 1.82) is 0 Å². The molecule has 0 aromatic rings. The minimum absolute atomic E-state index is 0.947. The summed E-state index contributed by atoms with van der Waals surface area (Å²) in [4.78, 5) is 0. The molecule has 0 saturated carbocycles. The number of nitrogens with two attached hydrogens (primary N) is 1. The molecule has 0 aliphatic heterocycles. The number of hydrogen-bond acceptors (Lipinski definition) is 7. The van der Waals surface area contributed by atoms with Gasteiger partial charge in [-0.3, -0.25) is 5.84 Å². The molecule has 0 aliphatic rings. The predicted molar refractivity (Wildman–Crippen MR) is 88.9 cm³/mol. The van der Waals surface area contributed by atoms with Crippen molar-refractivity contribution in [2.24, 2.45) is 5.84 Å². The minimum Gasteiger partial charge on any atom is -0.257 e. The largest absolute Gasteiger partial charge is 0.257 e. The highest BCUT2D eigenvalue weighted by atomic mass is 15.9. The van der Waals surface area contributed by atoms with Crippen molar-refractivity contribution in [2.75, 3.05) is 6.54 Å². The molecule has 7 heteroatoms. The van der Waals surface area contributed by atoms with Gasteiger partial charge in [0.1, 0.15) is 0 Å². The van der Waals surface area contributed by atoms with Gasteiger partial charge in [0.15, 0.2) is 0 Å². The Bertz CT molecular complexity index is 163. The average Bonchev–Trinajstić information content (AvgIpc) is 2.50. The van der Waals surface area contributed by atoms with Crippen LogP contribution in [0.1, 0.15) is 84.0 Å². The zero-order valence-corrected chi connectivity index (χ0v) is 13.8. The monoisotopic (exact) mass is 303 g/mol. The molecule has 0 radical (unpaired) electrons. The molecule has 8 N–H and O–H groups in total. The normalized spacial score (nSPS) is 11.1. The van der Waals surface area contributed by atoms with E-state index in [1.54, 1.807) is 0 Å². The third-order valence-corrected chi connectivity index (χ3v) is 3.50. The molecule has 0 aliphatic carbocycles. The second-order valence-electron chi connectivity index (χ2n) is 5.46. The van der Waals surface area contributed by atoms with Gasteiger partial charge in [-0.2, -0.15) is 27.7 Å². The van der Waals surface area contributed by atoms with Gasteiger partial charge in [0, 0.05) is 6.54 Å². The first-order valence-corrected chi connectivity index (χ1v) is 8.60. The number of rotatable bonds is 18. The van der Waals surface area contributed by atoms with E-state index in [-0.39, 0.29) is 0 Å². The topological polar surface area (TPSA) is 98.2 Å². The molecule has 0 heterocycles. The van der Waals surface area contributed by atoms with Crippen LogP contribution in [0.25, 0.3) is 0 Å². The number of unbranched alkanes of at least 4 members (excludes halogenated alkanes) is 11. The first kappa shape index (κ1) is 20.7. The van der Waals surface area contributed by atoms with Gasteiger partial charge < -0.3 is 0 Å². The lowest BCUT2D eigenvalue weighted by atomic mass is 10.1. The van der Waals surface area contributed by atoms with Crippen LogP contribution in [0.4, 0.5) is 0 Å². The lowest BCUT2D eigenvalue weighted by Crippen LogP contribution is -2.60. The fourth-order valence-electron chi connectivity index (χ4n) is 2.26. The Morgan fingerprint density at radius 1 is 0.571 bits per heavy atom. The molecule has 0 fully saturated rings. The summed E-state index contributed by atoms with van der Waals surface area (Å²) in [5.74, 6) is 4.98. The predicted octanol–water partition coefficient (Wildman–Crippen LogP) is 1.67. The van der Waals surface area contributed by atoms with Gasteiger partial charge in [-0.05, 0) is 6.42 Å². The summed E-state index contributed by atoms with van der Waals surface area (Å²) in [6, 6.07) is 0. The molecule has 0 rings (SSSR count). The highest BCUT2D eigenvalue weighted by molar-refractivity contribution is 4.49. The van der Waals surface area contributed by atoms with Crippen molar-refractivity contribution in [3.8, 4) is 0 Å². The molecule has 0 aromatic carbocycles. The summed E-state index contributed by atoms with van der Waals surface area (Å²) in [6.07, 6.45) is 16.5. The summed E-state index contributed by atoms with van der Waals surface area (Å²) in [5.41, 5.74) is 15.8. The van der Waals surface area contributed by atoms with E-state index in [0.717, 1.165) is 6.54 Å². The van der Waals surface area contributed by atoms with Gasteiger partial charge in [0.2, 0.25) is 0 Å². The molecule has 0 unspecified atom stereocenters. The smallest absolute Gasteiger partial charge is 0.0113 e. The van der Waals surface area contributed by atoms with Crippen LogP contribution in [0.2, 0.25) is 0 Å². The maximum Gasteiger partial charge on any atom is 0.0113 e. The van der Waals surface area contributed by atoms with Crippen LogP contribution < -0.4 is 38.9 Å². The summed E-state index contributed by atoms with van der Waals surface area (Å²) < 4.78 is 0. The van der Waals surface area contributed by atoms with Crippen LogP contribution in [0.15, 0.2) is 0 Å². The zero-order chi connectivity index (χ0) is 15.4. The van der Waals surface area contributed by atoms with E-state index < -0.39 is 0 Å². The molecule has 0 spiro atoms. The number of nitrogens with one attached hydrogen (secondary N) is 6. The van der Waals surface area contributed by atoms with Crippen LogP contribution in [0, 0.1) is 0 Å². The van der Waals surface area contributed by atoms with E-state index in [0.29, 0.717) is 0 Å². The van der Waals surface area contributed by atoms with Crippen molar-refractivity contribution in [3.05, 3.63) is 0 Å². The van der Waals surface area contributed by atoms with Crippen molar-refractivity contribution in [1.82, 2.24) is 33.1 Å². The first-order chi connectivity index (χ1) is 10.4. The van der Waals surface area contributed by atoms with Crippen LogP contribution in [0.3, 0.4) is 0 Å². The van der Waals surface area contributed by atoms with Gasteiger partial charge in [-0.1, -0.05) is 77.6 Å². The molecular formula is C14H37N7. The van der Waals surface area contributed by atoms with Crippen LogP contribution >= 0.6 is 0 Å². The summed E-state index contributed by atoms with van der Waals surface area (Å²) in [7, 11) is 0. The zero-order valence-electron chi connectivity index (χ0n) is 13.8. The molecule has 7 nitrogen and oxygen atoms in total. The summed E-state index contributed by atoms with van der Waals surface area (Å²) in [5, 5.41) is 0. The lowest BCUT2D eigenvalue weighted by molar-refractivity contribution is 0.295. The van der Waals surface area contributed by atoms with Gasteiger partial charge in [0.05, 0.1) is 0 Å². The summed E-state index contributed by atoms with van der Waals surface area (Å²) in [6.45, 7) is 3.22. The first-order valence-electron chi connectivity index (χ1n) is 8.60. The Morgan fingerprint density at radius 3 is 1.57 bits per heavy atom. The highest BCUT2D eigenvalue weighted by Crippen LogP contribution is 2.11. The van der Waals surface area contributed by atoms with Crippen molar-refractivity contribution < 1.29 is 0 Å². The number of hydrogen-bond donors (Lipinski definition) is 7. The van der Waals surface area contributed by atoms with Crippen molar-refractivity contribution in [2.45, 2.75) is 84.0 Å². The second kappa shape index (κ2) is 19.7. The van der Waals surface area contributed by atoms with E-state index in [1.165, 1.54) is 77.0 Å². The molecule has 0 atom stereocenters. The molecule has 0 amide bonds. The average molecular weight is 303 g/mol. The third kappa shape index (κ3) is 19.7. The van der Waals surface area contributed by atoms with Crippen LogP contribution in [0.5, 0.6) is 0 Å². The fraction of sp³-hybridized carbons (Fsp3) is 1.00. The minimum atomic E-state index is 0.947. The van der Waals surface area contributed by atoms with Crippen LogP contribution in [-0.2, 0) is 0 Å². The second-order valence-corrected chi connectivity index (χ2v) is 5.46. The molecule has 0 aromatic heterocycles. The van der Waals surface area contributed by atoms with Crippen LogP contribution in [-0.4, -0.2) is 6.54 Å². The SMILES string of the molecule is CCCCCCCCCCCCCCNNNNNNN.